The Bertz CT molecular complexity index is 897. The number of halogens is 1. The number of hydrogen-bond acceptors (Lipinski definition) is 5. The third-order valence-electron chi connectivity index (χ3n) is 3.12. The number of aromatic nitrogens is 5. The van der Waals surface area contributed by atoms with Crippen LogP contribution in [0.3, 0.4) is 0 Å². The van der Waals surface area contributed by atoms with Crippen LogP contribution in [0.4, 0.5) is 15.9 Å². The van der Waals surface area contributed by atoms with Gasteiger partial charge in [-0.15, -0.1) is 0 Å². The van der Waals surface area contributed by atoms with Crippen molar-refractivity contribution in [2.75, 3.05) is 5.32 Å². The lowest BCUT2D eigenvalue weighted by atomic mass is 10.1. The zero-order valence-corrected chi connectivity index (χ0v) is 12.1. The molecule has 23 heavy (non-hydrogen) atoms. The van der Waals surface area contributed by atoms with E-state index in [1.807, 2.05) is 0 Å². The highest BCUT2D eigenvalue weighted by atomic mass is 19.1. The number of hydrogen-bond donors (Lipinski definition) is 1. The van der Waals surface area contributed by atoms with Crippen molar-refractivity contribution in [1.82, 2.24) is 24.6 Å². The van der Waals surface area contributed by atoms with Gasteiger partial charge in [-0.1, -0.05) is 19.2 Å². The van der Waals surface area contributed by atoms with Crippen molar-refractivity contribution >= 4 is 22.9 Å². The predicted molar refractivity (Wildman–Crippen MR) is 86.7 cm³/mol. The Morgan fingerprint density at radius 1 is 1.22 bits per heavy atom. The molecule has 0 aliphatic rings. The average molecular weight is 308 g/mol. The van der Waals surface area contributed by atoms with Crippen LogP contribution in [0.2, 0.25) is 0 Å². The van der Waals surface area contributed by atoms with Crippen LogP contribution in [0.1, 0.15) is 5.69 Å². The molecule has 0 atom stereocenters. The highest BCUT2D eigenvalue weighted by Gasteiger charge is 2.12. The first kappa shape index (κ1) is 14.6. The number of anilines is 2. The quantitative estimate of drug-likeness (QED) is 0.732. The minimum atomic E-state index is -0.508. The van der Waals surface area contributed by atoms with Gasteiger partial charge in [0.25, 0.3) is 5.78 Å². The van der Waals surface area contributed by atoms with E-state index in [0.717, 1.165) is 11.8 Å². The molecule has 0 saturated carbocycles. The van der Waals surface area contributed by atoms with E-state index in [9.17, 15) is 4.39 Å². The van der Waals surface area contributed by atoms with Gasteiger partial charge in [0, 0.05) is 29.7 Å². The van der Waals surface area contributed by atoms with Crippen molar-refractivity contribution in [1.29, 1.82) is 0 Å². The van der Waals surface area contributed by atoms with E-state index < -0.39 is 5.83 Å². The van der Waals surface area contributed by atoms with Gasteiger partial charge in [-0.2, -0.15) is 14.6 Å². The number of nitrogens with zero attached hydrogens (tertiary/aromatic N) is 5. The first-order chi connectivity index (χ1) is 11.2. The predicted octanol–water partition coefficient (Wildman–Crippen LogP) is 3.32. The molecule has 114 valence electrons. The Morgan fingerprint density at radius 3 is 2.70 bits per heavy atom. The minimum absolute atomic E-state index is 0.239. The molecule has 0 fully saturated rings. The van der Waals surface area contributed by atoms with Crippen molar-refractivity contribution < 1.29 is 4.39 Å². The van der Waals surface area contributed by atoms with Gasteiger partial charge in [-0.3, -0.25) is 4.98 Å². The van der Waals surface area contributed by atoms with Crippen molar-refractivity contribution in [3.05, 3.63) is 73.8 Å². The van der Waals surface area contributed by atoms with Crippen LogP contribution in [0.25, 0.3) is 11.4 Å². The fraction of sp³-hybridized carbons (Fsp3) is 0. The largest absolute Gasteiger partial charge is 0.340 e. The van der Waals surface area contributed by atoms with E-state index in [1.165, 1.54) is 16.9 Å². The van der Waals surface area contributed by atoms with Crippen molar-refractivity contribution in [3.8, 4) is 0 Å². The lowest BCUT2D eigenvalue weighted by Gasteiger charge is -2.10. The number of pyridine rings is 1. The summed E-state index contributed by atoms with van der Waals surface area (Å²) in [5, 5.41) is 7.30. The summed E-state index contributed by atoms with van der Waals surface area (Å²) in [7, 11) is 0. The summed E-state index contributed by atoms with van der Waals surface area (Å²) in [5.74, 6) is 0.423. The second kappa shape index (κ2) is 6.18. The summed E-state index contributed by atoms with van der Waals surface area (Å²) in [6.45, 7) is 7.06. The molecule has 3 rings (SSSR count). The third-order valence-corrected chi connectivity index (χ3v) is 3.12. The van der Waals surface area contributed by atoms with Gasteiger partial charge in [0.05, 0.1) is 5.69 Å². The molecule has 0 aromatic carbocycles. The lowest BCUT2D eigenvalue weighted by molar-refractivity contribution is 0.671. The molecule has 0 unspecified atom stereocenters. The summed E-state index contributed by atoms with van der Waals surface area (Å²) in [5.41, 5.74) is 1.43. The Kier molecular flexibility index (Phi) is 3.92. The van der Waals surface area contributed by atoms with Gasteiger partial charge in [0.1, 0.15) is 18.0 Å². The Hall–Kier alpha value is -3.35. The summed E-state index contributed by atoms with van der Waals surface area (Å²) in [6.07, 6.45) is 7.21. The first-order valence-corrected chi connectivity index (χ1v) is 6.76. The highest BCUT2D eigenvalue weighted by Crippen LogP contribution is 2.24. The molecule has 0 radical (unpaired) electrons. The number of allylic oxidation sites excluding steroid dienone is 4. The van der Waals surface area contributed by atoms with Crippen molar-refractivity contribution in [3.63, 3.8) is 0 Å². The molecule has 3 aromatic rings. The molecule has 3 heterocycles. The SMILES string of the molecule is C=C/C(F)=C(\C=C)c1cc(Nc2ccncc2)n2ncnc2n1. The third kappa shape index (κ3) is 2.84. The van der Waals surface area contributed by atoms with Gasteiger partial charge in [-0.25, -0.2) is 9.37 Å². The number of fused-ring (bicyclic) bond motifs is 1. The van der Waals surface area contributed by atoms with Crippen molar-refractivity contribution in [2.24, 2.45) is 0 Å². The van der Waals surface area contributed by atoms with E-state index in [0.29, 0.717) is 17.3 Å². The van der Waals surface area contributed by atoms with Crippen LogP contribution in [0.5, 0.6) is 0 Å². The summed E-state index contributed by atoms with van der Waals surface area (Å²) in [6, 6.07) is 5.27. The van der Waals surface area contributed by atoms with Gasteiger partial charge < -0.3 is 5.32 Å². The standard InChI is InChI=1S/C16H13FN6/c1-3-12(13(17)4-2)14-9-15(21-11-5-7-18-8-6-11)23-16(22-14)19-10-20-23/h3-10H,1-2H2,(H,18,21)/b13-12-. The topological polar surface area (TPSA) is 68.0 Å². The van der Waals surface area contributed by atoms with Gasteiger partial charge in [0.15, 0.2) is 0 Å². The van der Waals surface area contributed by atoms with Crippen LogP contribution in [0, 0.1) is 0 Å². The van der Waals surface area contributed by atoms with E-state index in [-0.39, 0.29) is 5.57 Å². The molecule has 0 amide bonds. The average Bonchev–Trinajstić information content (AvgIpc) is 3.05. The first-order valence-electron chi connectivity index (χ1n) is 6.76. The van der Waals surface area contributed by atoms with Crippen LogP contribution in [-0.4, -0.2) is 24.6 Å². The highest BCUT2D eigenvalue weighted by molar-refractivity contribution is 5.77. The van der Waals surface area contributed by atoms with E-state index in [2.05, 4.69) is 38.5 Å². The maximum atomic E-state index is 13.9. The smallest absolute Gasteiger partial charge is 0.254 e. The zero-order chi connectivity index (χ0) is 16.2. The lowest BCUT2D eigenvalue weighted by Crippen LogP contribution is -2.04. The molecule has 0 aliphatic heterocycles. The molecule has 3 aromatic heterocycles. The van der Waals surface area contributed by atoms with Crippen LogP contribution >= 0.6 is 0 Å². The summed E-state index contributed by atoms with van der Waals surface area (Å²) in [4.78, 5) is 12.3. The Morgan fingerprint density at radius 2 is 2.00 bits per heavy atom. The molecular formula is C16H13FN6. The number of nitrogens with one attached hydrogen (secondary N) is 1. The van der Waals surface area contributed by atoms with E-state index in [4.69, 9.17) is 0 Å². The molecule has 0 aliphatic carbocycles. The molecule has 7 heteroatoms. The fourth-order valence-corrected chi connectivity index (χ4v) is 2.06. The Labute approximate surface area is 131 Å². The van der Waals surface area contributed by atoms with Crippen LogP contribution in [0.15, 0.2) is 68.1 Å². The normalized spacial score (nSPS) is 11.9. The molecule has 1 N–H and O–H groups in total. The van der Waals surface area contributed by atoms with Gasteiger partial charge in [-0.05, 0) is 18.2 Å². The number of rotatable bonds is 5. The summed E-state index contributed by atoms with van der Waals surface area (Å²) < 4.78 is 15.5. The van der Waals surface area contributed by atoms with Gasteiger partial charge in [0.2, 0.25) is 0 Å². The summed E-state index contributed by atoms with van der Waals surface area (Å²) >= 11 is 0. The maximum absolute atomic E-state index is 13.9. The minimum Gasteiger partial charge on any atom is -0.340 e. The molecule has 6 nitrogen and oxygen atoms in total. The molecule has 0 saturated heterocycles. The second-order valence-electron chi connectivity index (χ2n) is 4.53. The van der Waals surface area contributed by atoms with E-state index in [1.54, 1.807) is 30.6 Å². The van der Waals surface area contributed by atoms with Gasteiger partial charge >= 0.3 is 0 Å². The Balaban J connectivity index is 2.15. The van der Waals surface area contributed by atoms with Crippen LogP contribution in [-0.2, 0) is 0 Å². The van der Waals surface area contributed by atoms with E-state index >= 15 is 0 Å². The molecular weight excluding hydrogens is 295 g/mol. The maximum Gasteiger partial charge on any atom is 0.254 e. The fourth-order valence-electron chi connectivity index (χ4n) is 2.06. The second-order valence-corrected chi connectivity index (χ2v) is 4.53. The van der Waals surface area contributed by atoms with Crippen LogP contribution < -0.4 is 5.32 Å². The van der Waals surface area contributed by atoms with Crippen molar-refractivity contribution in [2.45, 2.75) is 0 Å². The zero-order valence-electron chi connectivity index (χ0n) is 12.1. The monoisotopic (exact) mass is 308 g/mol. The molecule has 0 spiro atoms. The molecule has 0 bridgehead atoms.